The number of rotatable bonds is 4. The predicted octanol–water partition coefficient (Wildman–Crippen LogP) is 1.02. The van der Waals surface area contributed by atoms with Gasteiger partial charge in [-0.15, -0.1) is 0 Å². The number of aliphatic hydroxyl groups is 1. The van der Waals surface area contributed by atoms with Crippen LogP contribution in [0.4, 0.5) is 0 Å². The molecule has 3 rings (SSSR count). The van der Waals surface area contributed by atoms with Crippen molar-refractivity contribution in [3.05, 3.63) is 23.5 Å². The number of aliphatic imine (C=N–C) groups is 1. The van der Waals surface area contributed by atoms with E-state index in [0.717, 1.165) is 5.71 Å². The zero-order valence-electron chi connectivity index (χ0n) is 14.8. The molecule has 0 bridgehead atoms. The molecule has 134 valence electrons. The minimum absolute atomic E-state index is 0.283. The molecule has 2 saturated heterocycles. The molecule has 4 atom stereocenters. The molecule has 3 heterocycles. The largest absolute Gasteiger partial charge is 0.394 e. The van der Waals surface area contributed by atoms with Crippen LogP contribution in [0.3, 0.4) is 0 Å². The van der Waals surface area contributed by atoms with E-state index < -0.39 is 29.7 Å². The maximum atomic E-state index is 10.0. The molecule has 0 radical (unpaired) electrons. The molecular weight excluding hydrogens is 324 g/mol. The standard InChI is InChI=1S/C17H22N4O4/c1-10(19-4)11-6-7-13(21(11)20-5)17(9-18)15-14(12(8-22)23-17)24-16(2,3)25-15/h6-7,12,14-15,22H,5,8H2,1-4H3/b19-10-/t12-,14-,15-,17+/m1/s1. The molecule has 25 heavy (non-hydrogen) atoms. The fourth-order valence-electron chi connectivity index (χ4n) is 3.49. The summed E-state index contributed by atoms with van der Waals surface area (Å²) in [6, 6.07) is 5.77. The molecule has 0 amide bonds. The third kappa shape index (κ3) is 2.51. The highest BCUT2D eigenvalue weighted by Gasteiger charge is 2.65. The Hall–Kier alpha value is -2.05. The fraction of sp³-hybridized carbons (Fsp3) is 0.588. The molecule has 0 saturated carbocycles. The molecule has 2 fully saturated rings. The van der Waals surface area contributed by atoms with Gasteiger partial charge in [0, 0.05) is 13.8 Å². The molecule has 2 aliphatic heterocycles. The molecule has 1 aromatic rings. The Morgan fingerprint density at radius 3 is 2.68 bits per heavy atom. The Labute approximate surface area is 146 Å². The van der Waals surface area contributed by atoms with Crippen molar-refractivity contribution in [1.29, 1.82) is 5.26 Å². The monoisotopic (exact) mass is 346 g/mol. The fourth-order valence-corrected chi connectivity index (χ4v) is 3.49. The Balaban J connectivity index is 2.16. The lowest BCUT2D eigenvalue weighted by molar-refractivity contribution is -0.204. The second-order valence-corrected chi connectivity index (χ2v) is 6.57. The summed E-state index contributed by atoms with van der Waals surface area (Å²) in [5.41, 5.74) is 0.436. The average molecular weight is 346 g/mol. The first-order chi connectivity index (χ1) is 11.8. The lowest BCUT2D eigenvalue weighted by atomic mass is 9.92. The lowest BCUT2D eigenvalue weighted by Gasteiger charge is -2.29. The van der Waals surface area contributed by atoms with Gasteiger partial charge in [-0.1, -0.05) is 0 Å². The summed E-state index contributed by atoms with van der Waals surface area (Å²) in [6.07, 6.45) is -1.94. The summed E-state index contributed by atoms with van der Waals surface area (Å²) in [7, 11) is 1.68. The van der Waals surface area contributed by atoms with Gasteiger partial charge in [-0.2, -0.15) is 10.4 Å². The number of nitrogens with zero attached hydrogens (tertiary/aromatic N) is 4. The minimum Gasteiger partial charge on any atom is -0.394 e. The van der Waals surface area contributed by atoms with Gasteiger partial charge >= 0.3 is 0 Å². The molecule has 0 unspecified atom stereocenters. The van der Waals surface area contributed by atoms with E-state index in [4.69, 9.17) is 14.2 Å². The van der Waals surface area contributed by atoms with Crippen molar-refractivity contribution >= 4 is 12.4 Å². The van der Waals surface area contributed by atoms with Crippen molar-refractivity contribution in [2.75, 3.05) is 13.7 Å². The van der Waals surface area contributed by atoms with Crippen molar-refractivity contribution in [2.45, 2.75) is 50.5 Å². The van der Waals surface area contributed by atoms with Crippen LogP contribution in [0, 0.1) is 11.3 Å². The number of hydrogen-bond donors (Lipinski definition) is 1. The summed E-state index contributed by atoms with van der Waals surface area (Å²) >= 11 is 0. The van der Waals surface area contributed by atoms with Crippen LogP contribution in [-0.4, -0.2) is 60.0 Å². The van der Waals surface area contributed by atoms with Gasteiger partial charge < -0.3 is 19.3 Å². The number of hydrogen-bond acceptors (Lipinski definition) is 7. The van der Waals surface area contributed by atoms with Crippen LogP contribution < -0.4 is 0 Å². The van der Waals surface area contributed by atoms with E-state index in [1.807, 2.05) is 6.92 Å². The van der Waals surface area contributed by atoms with E-state index in [2.05, 4.69) is 22.9 Å². The number of nitriles is 1. The third-order valence-electron chi connectivity index (χ3n) is 4.66. The highest BCUT2D eigenvalue weighted by molar-refractivity contribution is 5.97. The molecule has 1 N–H and O–H groups in total. The van der Waals surface area contributed by atoms with Crippen LogP contribution in [0.5, 0.6) is 0 Å². The van der Waals surface area contributed by atoms with E-state index >= 15 is 0 Å². The van der Waals surface area contributed by atoms with Crippen LogP contribution in [0.2, 0.25) is 0 Å². The molecule has 0 spiro atoms. The number of aliphatic hydroxyl groups excluding tert-OH is 1. The van der Waals surface area contributed by atoms with Crippen molar-refractivity contribution < 1.29 is 19.3 Å². The molecule has 8 nitrogen and oxygen atoms in total. The van der Waals surface area contributed by atoms with Crippen LogP contribution >= 0.6 is 0 Å². The Kier molecular flexibility index (Phi) is 4.29. The van der Waals surface area contributed by atoms with Crippen molar-refractivity contribution in [2.24, 2.45) is 10.1 Å². The summed E-state index contributed by atoms with van der Waals surface area (Å²) in [6.45, 7) is 8.70. The van der Waals surface area contributed by atoms with E-state index in [1.165, 1.54) is 4.68 Å². The van der Waals surface area contributed by atoms with E-state index in [-0.39, 0.29) is 6.61 Å². The molecule has 0 aliphatic carbocycles. The Morgan fingerprint density at radius 1 is 1.40 bits per heavy atom. The second-order valence-electron chi connectivity index (χ2n) is 6.57. The molecule has 2 aliphatic rings. The van der Waals surface area contributed by atoms with Gasteiger partial charge in [-0.3, -0.25) is 4.99 Å². The van der Waals surface area contributed by atoms with Crippen molar-refractivity contribution in [3.63, 3.8) is 0 Å². The van der Waals surface area contributed by atoms with Gasteiger partial charge in [0.05, 0.1) is 23.7 Å². The second kappa shape index (κ2) is 6.04. The number of fused-ring (bicyclic) bond motifs is 1. The van der Waals surface area contributed by atoms with Crippen molar-refractivity contribution in [1.82, 2.24) is 4.68 Å². The third-order valence-corrected chi connectivity index (χ3v) is 4.66. The first-order valence-corrected chi connectivity index (χ1v) is 8.02. The SMILES string of the molecule is C=Nn1c(/C(C)=N\C)ccc1[C@]1(C#N)O[C@H](CO)[C@H]2OC(C)(C)O[C@H]21. The zero-order chi connectivity index (χ0) is 18.4. The van der Waals surface area contributed by atoms with E-state index in [0.29, 0.717) is 11.4 Å². The first-order valence-electron chi connectivity index (χ1n) is 8.02. The van der Waals surface area contributed by atoms with Crippen LogP contribution in [0.1, 0.15) is 32.2 Å². The summed E-state index contributed by atoms with van der Waals surface area (Å²) in [5, 5.41) is 23.7. The van der Waals surface area contributed by atoms with Crippen LogP contribution in [-0.2, 0) is 19.8 Å². The topological polar surface area (TPSA) is 101 Å². The predicted molar refractivity (Wildman–Crippen MR) is 90.6 cm³/mol. The highest BCUT2D eigenvalue weighted by Crippen LogP contribution is 2.49. The number of aromatic nitrogens is 1. The molecular formula is C17H22N4O4. The lowest BCUT2D eigenvalue weighted by Crippen LogP contribution is -2.41. The highest BCUT2D eigenvalue weighted by atomic mass is 16.8. The normalized spacial score (nSPS) is 33.9. The van der Waals surface area contributed by atoms with Gasteiger partial charge in [-0.25, -0.2) is 4.68 Å². The van der Waals surface area contributed by atoms with Gasteiger partial charge in [0.15, 0.2) is 5.79 Å². The maximum absolute atomic E-state index is 10.0. The zero-order valence-corrected chi connectivity index (χ0v) is 14.8. The van der Waals surface area contributed by atoms with Crippen LogP contribution in [0.15, 0.2) is 22.2 Å². The summed E-state index contributed by atoms with van der Waals surface area (Å²) < 4.78 is 19.3. The quantitative estimate of drug-likeness (QED) is 0.820. The molecule has 0 aromatic carbocycles. The number of ether oxygens (including phenoxy) is 3. The van der Waals surface area contributed by atoms with Gasteiger partial charge in [0.25, 0.3) is 0 Å². The minimum atomic E-state index is -1.47. The van der Waals surface area contributed by atoms with Crippen LogP contribution in [0.25, 0.3) is 0 Å². The smallest absolute Gasteiger partial charge is 0.226 e. The van der Waals surface area contributed by atoms with Gasteiger partial charge in [-0.05, 0) is 32.9 Å². The first kappa shape index (κ1) is 17.8. The van der Waals surface area contributed by atoms with E-state index in [9.17, 15) is 10.4 Å². The molecule has 8 heteroatoms. The summed E-state index contributed by atoms with van der Waals surface area (Å²) in [5.74, 6) is -0.878. The Morgan fingerprint density at radius 2 is 2.12 bits per heavy atom. The van der Waals surface area contributed by atoms with Gasteiger partial charge in [0.1, 0.15) is 24.4 Å². The van der Waals surface area contributed by atoms with Gasteiger partial charge in [0.2, 0.25) is 5.60 Å². The maximum Gasteiger partial charge on any atom is 0.226 e. The van der Waals surface area contributed by atoms with Crippen molar-refractivity contribution in [3.8, 4) is 6.07 Å². The summed E-state index contributed by atoms with van der Waals surface area (Å²) in [4.78, 5) is 4.16. The van der Waals surface area contributed by atoms with E-state index in [1.54, 1.807) is 33.0 Å². The molecule has 1 aromatic heterocycles. The average Bonchev–Trinajstić information content (AvgIpc) is 3.23. The Bertz CT molecular complexity index is 763.